The summed E-state index contributed by atoms with van der Waals surface area (Å²) in [7, 11) is 0. The van der Waals surface area contributed by atoms with Crippen molar-refractivity contribution in [2.75, 3.05) is 5.73 Å². The van der Waals surface area contributed by atoms with Gasteiger partial charge >= 0.3 is 0 Å². The van der Waals surface area contributed by atoms with Crippen molar-refractivity contribution in [2.24, 2.45) is 5.92 Å². The molecular formula is C16H19N3OS. The maximum Gasteiger partial charge on any atom is 0.224 e. The molecule has 1 amide bonds. The molecule has 1 aromatic heterocycles. The highest BCUT2D eigenvalue weighted by Gasteiger charge is 2.35. The largest absolute Gasteiger partial charge is 0.399 e. The number of rotatable bonds is 5. The lowest BCUT2D eigenvalue weighted by atomic mass is 10.1. The summed E-state index contributed by atoms with van der Waals surface area (Å²) in [6.07, 6.45) is 2.73. The van der Waals surface area contributed by atoms with Gasteiger partial charge in [-0.15, -0.1) is 11.3 Å². The number of nitrogens with zero attached hydrogens (tertiary/aromatic N) is 1. The molecule has 1 aromatic carbocycles. The molecule has 1 saturated carbocycles. The van der Waals surface area contributed by atoms with Crippen molar-refractivity contribution < 1.29 is 4.79 Å². The van der Waals surface area contributed by atoms with E-state index in [1.165, 1.54) is 12.8 Å². The van der Waals surface area contributed by atoms with E-state index in [-0.39, 0.29) is 11.9 Å². The lowest BCUT2D eigenvalue weighted by Crippen LogP contribution is -2.31. The number of aromatic nitrogens is 1. The van der Waals surface area contributed by atoms with Crippen LogP contribution < -0.4 is 11.1 Å². The summed E-state index contributed by atoms with van der Waals surface area (Å²) in [5, 5.41) is 6.22. The molecule has 4 nitrogen and oxygen atoms in total. The standard InChI is InChI=1S/C16H19N3OS/c1-10-9-21-16(18-10)15(12-4-5-12)19-14(20)8-11-2-6-13(17)7-3-11/h2-3,6-7,9,12,15H,4-5,8,17H2,1H3,(H,19,20). The average Bonchev–Trinajstić information content (AvgIpc) is 3.21. The van der Waals surface area contributed by atoms with Gasteiger partial charge in [-0.1, -0.05) is 12.1 Å². The zero-order valence-electron chi connectivity index (χ0n) is 12.0. The maximum atomic E-state index is 12.3. The number of hydrogen-bond acceptors (Lipinski definition) is 4. The predicted molar refractivity (Wildman–Crippen MR) is 85.0 cm³/mol. The van der Waals surface area contributed by atoms with Crippen LogP contribution in [0.25, 0.3) is 0 Å². The van der Waals surface area contributed by atoms with Crippen LogP contribution in [0.3, 0.4) is 0 Å². The van der Waals surface area contributed by atoms with Gasteiger partial charge in [0.15, 0.2) is 0 Å². The summed E-state index contributed by atoms with van der Waals surface area (Å²) in [6, 6.07) is 7.52. The van der Waals surface area contributed by atoms with E-state index in [0.717, 1.165) is 16.3 Å². The Morgan fingerprint density at radius 2 is 2.14 bits per heavy atom. The molecular weight excluding hydrogens is 282 g/mol. The minimum atomic E-state index is 0.0459. The Morgan fingerprint density at radius 1 is 1.43 bits per heavy atom. The van der Waals surface area contributed by atoms with E-state index in [1.54, 1.807) is 11.3 Å². The highest BCUT2D eigenvalue weighted by Crippen LogP contribution is 2.41. The second-order valence-electron chi connectivity index (χ2n) is 5.63. The normalized spacial score (nSPS) is 15.7. The molecule has 3 N–H and O–H groups in total. The number of amides is 1. The zero-order valence-corrected chi connectivity index (χ0v) is 12.8. The van der Waals surface area contributed by atoms with Crippen molar-refractivity contribution >= 4 is 22.9 Å². The smallest absolute Gasteiger partial charge is 0.224 e. The van der Waals surface area contributed by atoms with Gasteiger partial charge in [-0.2, -0.15) is 0 Å². The van der Waals surface area contributed by atoms with Crippen molar-refractivity contribution in [3.05, 3.63) is 45.9 Å². The first kappa shape index (κ1) is 14.1. The van der Waals surface area contributed by atoms with E-state index in [2.05, 4.69) is 10.3 Å². The van der Waals surface area contributed by atoms with Crippen LogP contribution in [0.1, 0.15) is 35.1 Å². The topological polar surface area (TPSA) is 68.0 Å². The second-order valence-corrected chi connectivity index (χ2v) is 6.52. The van der Waals surface area contributed by atoms with E-state index < -0.39 is 0 Å². The van der Waals surface area contributed by atoms with E-state index in [1.807, 2.05) is 36.6 Å². The van der Waals surface area contributed by atoms with Crippen LogP contribution in [0.4, 0.5) is 5.69 Å². The minimum absolute atomic E-state index is 0.0459. The number of nitrogens with one attached hydrogen (secondary N) is 1. The summed E-state index contributed by atoms with van der Waals surface area (Å²) in [5.41, 5.74) is 8.37. The minimum Gasteiger partial charge on any atom is -0.399 e. The number of thiazole rings is 1. The van der Waals surface area contributed by atoms with Gasteiger partial charge in [-0.3, -0.25) is 4.79 Å². The van der Waals surface area contributed by atoms with E-state index in [0.29, 0.717) is 18.0 Å². The van der Waals surface area contributed by atoms with Gasteiger partial charge in [0.2, 0.25) is 5.91 Å². The Morgan fingerprint density at radius 3 is 2.71 bits per heavy atom. The number of benzene rings is 1. The number of aryl methyl sites for hydroxylation is 1. The second kappa shape index (κ2) is 5.85. The van der Waals surface area contributed by atoms with Crippen LogP contribution in [0, 0.1) is 12.8 Å². The molecule has 0 saturated heterocycles. The quantitative estimate of drug-likeness (QED) is 0.834. The lowest BCUT2D eigenvalue weighted by Gasteiger charge is -2.16. The highest BCUT2D eigenvalue weighted by molar-refractivity contribution is 7.09. The van der Waals surface area contributed by atoms with Crippen molar-refractivity contribution in [3.8, 4) is 0 Å². The van der Waals surface area contributed by atoms with Gasteiger partial charge in [0.05, 0.1) is 12.5 Å². The first-order chi connectivity index (χ1) is 10.1. The van der Waals surface area contributed by atoms with Crippen LogP contribution in [0.2, 0.25) is 0 Å². The number of hydrogen-bond donors (Lipinski definition) is 2. The molecule has 1 atom stereocenters. The molecule has 2 aromatic rings. The Bertz CT molecular complexity index is 631. The van der Waals surface area contributed by atoms with Gasteiger partial charge in [0, 0.05) is 16.8 Å². The molecule has 0 radical (unpaired) electrons. The van der Waals surface area contributed by atoms with Crippen LogP contribution in [-0.2, 0) is 11.2 Å². The van der Waals surface area contributed by atoms with Crippen molar-refractivity contribution in [1.29, 1.82) is 0 Å². The number of carbonyl (C=O) groups excluding carboxylic acids is 1. The molecule has 21 heavy (non-hydrogen) atoms. The molecule has 1 heterocycles. The molecule has 3 rings (SSSR count). The Labute approximate surface area is 128 Å². The molecule has 1 fully saturated rings. The lowest BCUT2D eigenvalue weighted by molar-refractivity contribution is -0.121. The number of anilines is 1. The van der Waals surface area contributed by atoms with Crippen LogP contribution in [-0.4, -0.2) is 10.9 Å². The molecule has 0 aliphatic heterocycles. The summed E-state index contributed by atoms with van der Waals surface area (Å²) >= 11 is 1.63. The fraction of sp³-hybridized carbons (Fsp3) is 0.375. The monoisotopic (exact) mass is 301 g/mol. The first-order valence-electron chi connectivity index (χ1n) is 7.17. The fourth-order valence-electron chi connectivity index (χ4n) is 2.37. The third kappa shape index (κ3) is 3.61. The molecule has 1 unspecified atom stereocenters. The first-order valence-corrected chi connectivity index (χ1v) is 8.05. The van der Waals surface area contributed by atoms with Crippen LogP contribution in [0.15, 0.2) is 29.6 Å². The Kier molecular flexibility index (Phi) is 3.92. The molecule has 1 aliphatic carbocycles. The van der Waals surface area contributed by atoms with Gasteiger partial charge in [0.25, 0.3) is 0 Å². The summed E-state index contributed by atoms with van der Waals surface area (Å²) < 4.78 is 0. The van der Waals surface area contributed by atoms with E-state index in [4.69, 9.17) is 5.73 Å². The average molecular weight is 301 g/mol. The molecule has 0 bridgehead atoms. The molecule has 0 spiro atoms. The van der Waals surface area contributed by atoms with Crippen molar-refractivity contribution in [1.82, 2.24) is 10.3 Å². The summed E-state index contributed by atoms with van der Waals surface area (Å²) in [5.74, 6) is 0.593. The molecule has 1 aliphatic rings. The van der Waals surface area contributed by atoms with Gasteiger partial charge < -0.3 is 11.1 Å². The Balaban J connectivity index is 1.65. The summed E-state index contributed by atoms with van der Waals surface area (Å²) in [6.45, 7) is 1.99. The third-order valence-electron chi connectivity index (χ3n) is 3.66. The van der Waals surface area contributed by atoms with Crippen molar-refractivity contribution in [2.45, 2.75) is 32.2 Å². The molecule has 5 heteroatoms. The number of nitrogens with two attached hydrogens (primary N) is 1. The van der Waals surface area contributed by atoms with E-state index in [9.17, 15) is 4.79 Å². The SMILES string of the molecule is Cc1csc(C(NC(=O)Cc2ccc(N)cc2)C2CC2)n1. The maximum absolute atomic E-state index is 12.3. The zero-order chi connectivity index (χ0) is 14.8. The van der Waals surface area contributed by atoms with Gasteiger partial charge in [-0.25, -0.2) is 4.98 Å². The predicted octanol–water partition coefficient (Wildman–Crippen LogP) is 2.84. The van der Waals surface area contributed by atoms with Crippen LogP contribution in [0.5, 0.6) is 0 Å². The number of carbonyl (C=O) groups is 1. The van der Waals surface area contributed by atoms with Gasteiger partial charge in [-0.05, 0) is 43.4 Å². The third-order valence-corrected chi connectivity index (χ3v) is 4.70. The van der Waals surface area contributed by atoms with E-state index >= 15 is 0 Å². The van der Waals surface area contributed by atoms with Crippen molar-refractivity contribution in [3.63, 3.8) is 0 Å². The Hall–Kier alpha value is -1.88. The highest BCUT2D eigenvalue weighted by atomic mass is 32.1. The van der Waals surface area contributed by atoms with Crippen LogP contribution >= 0.6 is 11.3 Å². The fourth-order valence-corrected chi connectivity index (χ4v) is 3.31. The summed E-state index contributed by atoms with van der Waals surface area (Å²) in [4.78, 5) is 16.8. The molecule has 110 valence electrons. The van der Waals surface area contributed by atoms with Gasteiger partial charge in [0.1, 0.15) is 5.01 Å². The number of nitrogen functional groups attached to an aromatic ring is 1.